The Morgan fingerprint density at radius 3 is 1.50 bits per heavy atom. The van der Waals surface area contributed by atoms with E-state index in [0.717, 1.165) is 6.92 Å². The zero-order valence-electron chi connectivity index (χ0n) is 5.10. The molecule has 0 spiro atoms. The second kappa shape index (κ2) is 11.0. The minimum Gasteiger partial charge on any atom is -0.481 e. The molecular formula is C4H7NNiO4. The number of nitrogens with one attached hydrogen (secondary N) is 1. The minimum absolute atomic E-state index is 0. The van der Waals surface area contributed by atoms with Gasteiger partial charge in [0.1, 0.15) is 6.21 Å². The number of carboxylic acid groups (broad SMARTS) is 2. The maximum Gasteiger partial charge on any atom is 0.346 e. The molecule has 0 radical (unpaired) electrons. The molecule has 0 unspecified atom stereocenters. The van der Waals surface area contributed by atoms with Crippen LogP contribution in [0.25, 0.3) is 0 Å². The van der Waals surface area contributed by atoms with Gasteiger partial charge in [-0.25, -0.2) is 4.79 Å². The van der Waals surface area contributed by atoms with Gasteiger partial charge in [-0.05, 0) is 0 Å². The molecule has 0 fully saturated rings. The van der Waals surface area contributed by atoms with E-state index in [1.165, 1.54) is 0 Å². The fourth-order valence-corrected chi connectivity index (χ4v) is 0. The van der Waals surface area contributed by atoms with Crippen molar-refractivity contribution >= 4 is 18.2 Å². The van der Waals surface area contributed by atoms with Gasteiger partial charge in [-0.3, -0.25) is 4.79 Å². The van der Waals surface area contributed by atoms with E-state index in [-0.39, 0.29) is 16.5 Å². The molecular weight excluding hydrogens is 185 g/mol. The summed E-state index contributed by atoms with van der Waals surface area (Å²) in [5, 5.41) is 20.8. The molecule has 5 nitrogen and oxygen atoms in total. The molecule has 0 aliphatic carbocycles. The molecule has 0 saturated carbocycles. The Labute approximate surface area is 67.5 Å². The van der Waals surface area contributed by atoms with E-state index in [2.05, 4.69) is 0 Å². The van der Waals surface area contributed by atoms with Crippen molar-refractivity contribution in [3.63, 3.8) is 0 Å². The van der Waals surface area contributed by atoms with Crippen molar-refractivity contribution in [2.45, 2.75) is 6.92 Å². The van der Waals surface area contributed by atoms with Gasteiger partial charge in [-0.2, -0.15) is 0 Å². The molecule has 0 rings (SSSR count). The van der Waals surface area contributed by atoms with Crippen molar-refractivity contribution in [2.75, 3.05) is 0 Å². The third kappa shape index (κ3) is 217. The first-order valence-electron chi connectivity index (χ1n) is 1.93. The van der Waals surface area contributed by atoms with Gasteiger partial charge >= 0.3 is 5.97 Å². The number of aliphatic carboxylic acids is 2. The summed E-state index contributed by atoms with van der Waals surface area (Å²) in [4.78, 5) is 18.1. The molecule has 0 aliphatic heterocycles. The topological polar surface area (TPSA) is 98.5 Å². The summed E-state index contributed by atoms with van der Waals surface area (Å²) in [7, 11) is 0. The van der Waals surface area contributed by atoms with Gasteiger partial charge < -0.3 is 15.6 Å². The molecule has 0 bridgehead atoms. The van der Waals surface area contributed by atoms with Crippen molar-refractivity contribution in [2.24, 2.45) is 0 Å². The summed E-state index contributed by atoms with van der Waals surface area (Å²) >= 11 is 0. The Kier molecular flexibility index (Phi) is 17.6. The van der Waals surface area contributed by atoms with Crippen LogP contribution in [-0.2, 0) is 26.1 Å². The summed E-state index contributed by atoms with van der Waals surface area (Å²) in [5.74, 6) is -2.04. The van der Waals surface area contributed by atoms with E-state index in [1.807, 2.05) is 0 Å². The van der Waals surface area contributed by atoms with E-state index in [0.29, 0.717) is 6.21 Å². The second-order valence-electron chi connectivity index (χ2n) is 1.00. The maximum atomic E-state index is 9.12. The fraction of sp³-hybridized carbons (Fsp3) is 0.250. The van der Waals surface area contributed by atoms with Gasteiger partial charge in [0, 0.05) is 23.4 Å². The SMILES string of the molecule is CC(=O)O.N=CC(=O)O.[Ni]. The fourth-order valence-electron chi connectivity index (χ4n) is 0. The molecule has 0 aromatic carbocycles. The van der Waals surface area contributed by atoms with Crippen molar-refractivity contribution in [3.05, 3.63) is 0 Å². The molecule has 0 aromatic rings. The zero-order chi connectivity index (χ0) is 7.86. The standard InChI is InChI=1S/C2H3NO2.C2H4O2.Ni/c3-1-2(4)5;1-2(3)4;/h1,3H,(H,4,5);1H3,(H,3,4);. The molecule has 0 atom stereocenters. The minimum atomic E-state index is -1.20. The first-order chi connectivity index (χ1) is 4.00. The second-order valence-corrected chi connectivity index (χ2v) is 1.00. The first kappa shape index (κ1) is 16.0. The average molecular weight is 192 g/mol. The van der Waals surface area contributed by atoms with Gasteiger partial charge in [0.05, 0.1) is 0 Å². The smallest absolute Gasteiger partial charge is 0.346 e. The van der Waals surface area contributed by atoms with Crippen LogP contribution >= 0.6 is 0 Å². The third-order valence-electron chi connectivity index (χ3n) is 0.123. The van der Waals surface area contributed by atoms with Crippen molar-refractivity contribution in [1.82, 2.24) is 0 Å². The van der Waals surface area contributed by atoms with Gasteiger partial charge in [-0.15, -0.1) is 0 Å². The van der Waals surface area contributed by atoms with Crippen molar-refractivity contribution < 1.29 is 36.3 Å². The number of hydrogen-bond donors (Lipinski definition) is 3. The number of carbonyl (C=O) groups is 2. The van der Waals surface area contributed by atoms with Gasteiger partial charge in [-0.1, -0.05) is 0 Å². The van der Waals surface area contributed by atoms with Crippen LogP contribution in [-0.4, -0.2) is 28.4 Å². The molecule has 10 heavy (non-hydrogen) atoms. The normalized spacial score (nSPS) is 5.70. The molecule has 0 heterocycles. The van der Waals surface area contributed by atoms with Crippen LogP contribution in [0.3, 0.4) is 0 Å². The van der Waals surface area contributed by atoms with Gasteiger partial charge in [0.25, 0.3) is 5.97 Å². The average Bonchev–Trinajstić information content (AvgIpc) is 1.65. The molecule has 62 valence electrons. The van der Waals surface area contributed by atoms with Crippen LogP contribution in [0.2, 0.25) is 0 Å². The predicted octanol–water partition coefficient (Wildman–Crippen LogP) is -0.191. The van der Waals surface area contributed by atoms with E-state index in [9.17, 15) is 0 Å². The Balaban J connectivity index is -0.0000000910. The monoisotopic (exact) mass is 191 g/mol. The Hall–Kier alpha value is -0.896. The first-order valence-corrected chi connectivity index (χ1v) is 1.93. The molecule has 0 saturated heterocycles. The van der Waals surface area contributed by atoms with Crippen LogP contribution in [0.1, 0.15) is 6.92 Å². The Bertz CT molecular complexity index is 120. The third-order valence-corrected chi connectivity index (χ3v) is 0.123. The van der Waals surface area contributed by atoms with Crippen LogP contribution in [0.5, 0.6) is 0 Å². The number of hydrogen-bond acceptors (Lipinski definition) is 3. The van der Waals surface area contributed by atoms with E-state index in [4.69, 9.17) is 25.2 Å². The van der Waals surface area contributed by atoms with Crippen LogP contribution in [0, 0.1) is 5.41 Å². The summed E-state index contributed by atoms with van der Waals surface area (Å²) in [5.41, 5.74) is 0. The summed E-state index contributed by atoms with van der Waals surface area (Å²) in [6.07, 6.45) is 0.333. The maximum absolute atomic E-state index is 9.12. The molecule has 0 aromatic heterocycles. The van der Waals surface area contributed by atoms with Crippen molar-refractivity contribution in [3.8, 4) is 0 Å². The van der Waals surface area contributed by atoms with Crippen molar-refractivity contribution in [1.29, 1.82) is 5.41 Å². The largest absolute Gasteiger partial charge is 0.481 e. The molecule has 0 amide bonds. The summed E-state index contributed by atoms with van der Waals surface area (Å²) in [6, 6.07) is 0. The quantitative estimate of drug-likeness (QED) is 0.395. The van der Waals surface area contributed by atoms with Crippen LogP contribution in [0.15, 0.2) is 0 Å². The Morgan fingerprint density at radius 1 is 1.40 bits per heavy atom. The van der Waals surface area contributed by atoms with E-state index in [1.54, 1.807) is 0 Å². The Morgan fingerprint density at radius 2 is 1.50 bits per heavy atom. The molecule has 3 N–H and O–H groups in total. The summed E-state index contributed by atoms with van der Waals surface area (Å²) < 4.78 is 0. The zero-order valence-corrected chi connectivity index (χ0v) is 6.09. The number of rotatable bonds is 1. The summed E-state index contributed by atoms with van der Waals surface area (Å²) in [6.45, 7) is 1.08. The van der Waals surface area contributed by atoms with Gasteiger partial charge in [0.15, 0.2) is 0 Å². The number of carboxylic acids is 2. The predicted molar refractivity (Wildman–Crippen MR) is 29.7 cm³/mol. The van der Waals surface area contributed by atoms with E-state index < -0.39 is 11.9 Å². The van der Waals surface area contributed by atoms with E-state index >= 15 is 0 Å². The van der Waals surface area contributed by atoms with Crippen LogP contribution < -0.4 is 0 Å². The van der Waals surface area contributed by atoms with Crippen LogP contribution in [0.4, 0.5) is 0 Å². The van der Waals surface area contributed by atoms with Gasteiger partial charge in [0.2, 0.25) is 0 Å². The molecule has 0 aliphatic rings. The molecule has 6 heteroatoms.